The van der Waals surface area contributed by atoms with Gasteiger partial charge in [0.1, 0.15) is 16.7 Å². The van der Waals surface area contributed by atoms with Gasteiger partial charge in [-0.3, -0.25) is 43.3 Å². The van der Waals surface area contributed by atoms with Gasteiger partial charge in [-0.15, -0.1) is 23.1 Å². The Balaban J connectivity index is 1.37. The van der Waals surface area contributed by atoms with Crippen LogP contribution in [0.2, 0.25) is 0 Å². The molecule has 20 heteroatoms. The van der Waals surface area contributed by atoms with E-state index in [1.54, 1.807) is 34.2 Å². The van der Waals surface area contributed by atoms with E-state index in [2.05, 4.69) is 17.9 Å². The topological polar surface area (TPSA) is 213 Å². The minimum absolute atomic E-state index is 0.0131. The lowest BCUT2D eigenvalue weighted by Gasteiger charge is -2.37. The number of carbonyl (C=O) groups excluding carboxylic acids is 8. The Morgan fingerprint density at radius 2 is 1.54 bits per heavy atom. The van der Waals surface area contributed by atoms with Crippen LogP contribution in [0.5, 0.6) is 0 Å². The summed E-state index contributed by atoms with van der Waals surface area (Å²) in [5.74, 6) is -3.68. The third-order valence-electron chi connectivity index (χ3n) is 15.6. The highest BCUT2D eigenvalue weighted by Crippen LogP contribution is 2.34. The zero-order valence-electron chi connectivity index (χ0n) is 48.8. The Morgan fingerprint density at radius 3 is 2.11 bits per heavy atom. The number of carbonyl (C=O) groups is 8. The van der Waals surface area contributed by atoms with Crippen molar-refractivity contribution in [2.75, 3.05) is 66.2 Å². The number of thiazole rings is 1. The summed E-state index contributed by atoms with van der Waals surface area (Å²) in [5.41, 5.74) is 6.80. The monoisotopic (exact) mass is 1160 g/mol. The average Bonchev–Trinajstić information content (AvgIpc) is 3.97. The maximum absolute atomic E-state index is 14.9. The Bertz CT molecular complexity index is 2540. The summed E-state index contributed by atoms with van der Waals surface area (Å²) in [6.45, 7) is 15.6. The molecule has 2 aromatic carbocycles. The summed E-state index contributed by atoms with van der Waals surface area (Å²) >= 11 is 7.11. The molecule has 0 aliphatic carbocycles. The van der Waals surface area contributed by atoms with E-state index in [0.29, 0.717) is 82.8 Å². The molecule has 2 aliphatic heterocycles. The number of Topliss-reactive ketones (excluding diaryl/α,β-unsaturated/α-hetero) is 2. The molecule has 5 rings (SSSR count). The largest absolute Gasteiger partial charge is 0.455 e. The van der Waals surface area contributed by atoms with E-state index in [0.717, 1.165) is 21.8 Å². The zero-order valence-corrected chi connectivity index (χ0v) is 51.3. The van der Waals surface area contributed by atoms with Crippen molar-refractivity contribution in [2.24, 2.45) is 29.4 Å². The predicted molar refractivity (Wildman–Crippen MR) is 318 cm³/mol. The van der Waals surface area contributed by atoms with Crippen molar-refractivity contribution in [2.45, 2.75) is 153 Å². The number of likely N-dealkylation sites (N-methyl/N-ethyl adjacent to an activating group) is 2. The molecule has 0 spiro atoms. The molecule has 0 bridgehead atoms. The number of nitrogens with zero attached hydrogens (tertiary/aromatic N) is 6. The third-order valence-corrected chi connectivity index (χ3v) is 17.9. The number of benzene rings is 2. The van der Waals surface area contributed by atoms with Gasteiger partial charge >= 0.3 is 5.97 Å². The number of thiol groups is 1. The van der Waals surface area contributed by atoms with Crippen molar-refractivity contribution in [3.8, 4) is 0 Å². The number of hydrogen-bond donors (Lipinski definition) is 3. The molecule has 9 atom stereocenters. The lowest BCUT2D eigenvalue weighted by Crippen LogP contribution is -2.57. The maximum Gasteiger partial charge on any atom is 0.303 e. The molecule has 1 aromatic heterocycles. The number of amides is 5. The molecule has 5 amide bonds. The molecule has 3 N–H and O–H groups in total. The first-order valence-corrected chi connectivity index (χ1v) is 30.7. The van der Waals surface area contributed by atoms with E-state index in [1.165, 1.54) is 23.6 Å². The minimum atomic E-state index is -1.03. The average molecular weight is 1160 g/mol. The van der Waals surface area contributed by atoms with E-state index in [1.807, 2.05) is 114 Å². The zero-order chi connectivity index (χ0) is 58.8. The lowest BCUT2D eigenvalue weighted by molar-refractivity contribution is -0.149. The van der Waals surface area contributed by atoms with Gasteiger partial charge in [-0.25, -0.2) is 4.98 Å². The number of aromatic nitrogens is 1. The first-order valence-electron chi connectivity index (χ1n) is 28.4. The van der Waals surface area contributed by atoms with Gasteiger partial charge in [-0.05, 0) is 62.4 Å². The standard InChI is InChI=1S/C60H88N8O9S3/c1-11-40(4)45(34-52(71)49-36-64(49)8)57(74)65(9)48(39(2)3)35-53(77-41(5)69)56-63-47(37-80-56)58(75)66(10)50(38-79-44-23-16-13-17-24-44)51(70)33-43(22-18-19-27-61)55(73)62-46(32-42-20-14-12-15-21-42)59(76)68-30-28-67(29-31-68)54(72)25-26-60(6,7)78/h12-17,20-21,23-24,37,39-40,43,45-46,48-50,53,78H,11,18-19,22,25-36,38,61H2,1-10H3,(H,62,73)/t40-,43-,45?,46-,48+,49+,50-,53+,64?/m0/s1. The quantitative estimate of drug-likeness (QED) is 0.0183. The smallest absolute Gasteiger partial charge is 0.303 e. The summed E-state index contributed by atoms with van der Waals surface area (Å²) in [5, 5.41) is 4.98. The van der Waals surface area contributed by atoms with Gasteiger partial charge in [0.15, 0.2) is 17.7 Å². The molecule has 17 nitrogen and oxygen atoms in total. The Hall–Kier alpha value is -5.15. The molecule has 2 saturated heterocycles. The van der Waals surface area contributed by atoms with E-state index < -0.39 is 53.8 Å². The fraction of sp³-hybridized carbons (Fsp3) is 0.617. The second-order valence-corrected chi connectivity index (χ2v) is 26.0. The van der Waals surface area contributed by atoms with Crippen molar-refractivity contribution in [3.63, 3.8) is 0 Å². The second kappa shape index (κ2) is 31.3. The molecule has 2 unspecified atom stereocenters. The van der Waals surface area contributed by atoms with E-state index >= 15 is 0 Å². The number of thioether (sulfide) groups is 1. The Morgan fingerprint density at radius 1 is 0.912 bits per heavy atom. The summed E-state index contributed by atoms with van der Waals surface area (Å²) in [6.07, 6.45) is 2.51. The number of rotatable bonds is 32. The van der Waals surface area contributed by atoms with E-state index in [4.69, 9.17) is 15.5 Å². The fourth-order valence-corrected chi connectivity index (χ4v) is 12.2. The molecular formula is C60H88N8O9S3. The molecule has 0 saturated carbocycles. The summed E-state index contributed by atoms with van der Waals surface area (Å²) in [4.78, 5) is 126. The van der Waals surface area contributed by atoms with Crippen LogP contribution in [0.15, 0.2) is 70.9 Å². The number of nitrogens with two attached hydrogens (primary N) is 1. The molecule has 3 aromatic rings. The van der Waals surface area contributed by atoms with Crippen LogP contribution in [0.4, 0.5) is 0 Å². The first kappa shape index (κ1) is 65.7. The summed E-state index contributed by atoms with van der Waals surface area (Å²) in [6, 6.07) is 16.3. The van der Waals surface area contributed by atoms with Gasteiger partial charge in [0.05, 0.1) is 12.1 Å². The van der Waals surface area contributed by atoms with Crippen LogP contribution in [0.3, 0.4) is 0 Å². The van der Waals surface area contributed by atoms with Crippen LogP contribution in [-0.2, 0) is 44.7 Å². The molecule has 2 aliphatic rings. The minimum Gasteiger partial charge on any atom is -0.455 e. The van der Waals surface area contributed by atoms with Gasteiger partial charge in [0.25, 0.3) is 5.91 Å². The Labute approximate surface area is 488 Å². The third kappa shape index (κ3) is 19.8. The number of esters is 1. The summed E-state index contributed by atoms with van der Waals surface area (Å²) < 4.78 is 5.62. The molecular weight excluding hydrogens is 1070 g/mol. The number of unbranched alkanes of at least 4 members (excludes halogenated alkanes) is 1. The van der Waals surface area contributed by atoms with Gasteiger partial charge in [0.2, 0.25) is 23.6 Å². The fourth-order valence-electron chi connectivity index (χ4n) is 10.2. The molecule has 440 valence electrons. The molecule has 3 heterocycles. The van der Waals surface area contributed by atoms with E-state index in [-0.39, 0.29) is 89.0 Å². The molecule has 80 heavy (non-hydrogen) atoms. The maximum atomic E-state index is 14.9. The molecule has 2 fully saturated rings. The van der Waals surface area contributed by atoms with Crippen LogP contribution >= 0.6 is 35.7 Å². The number of nitrogens with one attached hydrogen (secondary N) is 1. The number of hydrogen-bond acceptors (Lipinski definition) is 15. The van der Waals surface area contributed by atoms with Crippen molar-refractivity contribution in [1.29, 1.82) is 0 Å². The van der Waals surface area contributed by atoms with Crippen LogP contribution in [0.25, 0.3) is 0 Å². The van der Waals surface area contributed by atoms with Crippen LogP contribution < -0.4 is 11.1 Å². The van der Waals surface area contributed by atoms with Crippen LogP contribution in [-0.4, -0.2) is 172 Å². The van der Waals surface area contributed by atoms with Gasteiger partial charge < -0.3 is 35.4 Å². The van der Waals surface area contributed by atoms with Gasteiger partial charge in [0, 0.05) is 125 Å². The normalized spacial score (nSPS) is 18.0. The lowest BCUT2D eigenvalue weighted by atomic mass is 9.84. The van der Waals surface area contributed by atoms with Crippen molar-refractivity contribution >= 4 is 82.8 Å². The number of ketones is 2. The van der Waals surface area contributed by atoms with Crippen molar-refractivity contribution in [3.05, 3.63) is 82.3 Å². The SMILES string of the molecule is CC[C@H](C)C(CC(=O)[C@H]1CN1C)C(=O)N(C)[C@H](C[C@@H](OC(C)=O)c1nc(C(=O)N(C)[C@@H](CSc2ccccc2)C(=O)C[C@H](CCCCN)C(=O)N[C@@H](Cc2ccccc2)C(=O)N2CCN(C(=O)CCC(C)(C)S)CC2)cs1)C(C)C. The predicted octanol–water partition coefficient (Wildman–Crippen LogP) is 7.38. The highest BCUT2D eigenvalue weighted by atomic mass is 32.2. The number of piperazine rings is 1. The van der Waals surface area contributed by atoms with Crippen molar-refractivity contribution in [1.82, 2.24) is 34.8 Å². The highest BCUT2D eigenvalue weighted by Gasteiger charge is 2.42. The second-order valence-electron chi connectivity index (χ2n) is 22.8. The molecule has 0 radical (unpaired) electrons. The number of ether oxygens (including phenoxy) is 1. The summed E-state index contributed by atoms with van der Waals surface area (Å²) in [7, 11) is 5.16. The van der Waals surface area contributed by atoms with Gasteiger partial charge in [-0.1, -0.05) is 103 Å². The van der Waals surface area contributed by atoms with E-state index in [9.17, 15) is 38.4 Å². The Kier molecular flexibility index (Phi) is 25.7. The highest BCUT2D eigenvalue weighted by molar-refractivity contribution is 7.99. The van der Waals surface area contributed by atoms with Crippen molar-refractivity contribution < 1.29 is 43.1 Å². The van der Waals surface area contributed by atoms with Gasteiger partial charge in [-0.2, -0.15) is 12.6 Å². The van der Waals surface area contributed by atoms with Crippen LogP contribution in [0.1, 0.15) is 133 Å². The first-order chi connectivity index (χ1) is 37.9. The van der Waals surface area contributed by atoms with Crippen LogP contribution in [0, 0.1) is 23.7 Å².